The molecule has 0 aliphatic heterocycles. The van der Waals surface area contributed by atoms with E-state index >= 15 is 0 Å². The largest absolute Gasteiger partial charge is 0.435 e. The first kappa shape index (κ1) is 13.8. The Morgan fingerprint density at radius 1 is 0.957 bits per heavy atom. The number of hydrogen-bond acceptors (Lipinski definition) is 0. The van der Waals surface area contributed by atoms with Crippen molar-refractivity contribution in [1.82, 2.24) is 9.55 Å². The first-order valence-electron chi connectivity index (χ1n) is 7.88. The van der Waals surface area contributed by atoms with Gasteiger partial charge in [-0.2, -0.15) is 0 Å². The maximum atomic E-state index is 4.81. The van der Waals surface area contributed by atoms with Gasteiger partial charge in [-0.3, -0.25) is 4.57 Å². The van der Waals surface area contributed by atoms with Crippen LogP contribution >= 0.6 is 0 Å². The van der Waals surface area contributed by atoms with Crippen LogP contribution in [-0.4, -0.2) is 4.57 Å². The molecular weight excluding hydrogens is 282 g/mol. The second-order valence-corrected chi connectivity index (χ2v) is 5.91. The van der Waals surface area contributed by atoms with Gasteiger partial charge in [0.2, 0.25) is 0 Å². The second kappa shape index (κ2) is 5.43. The van der Waals surface area contributed by atoms with Gasteiger partial charge >= 0.3 is 0 Å². The minimum absolute atomic E-state index is 0.874. The fraction of sp³-hybridized carbons (Fsp3) is 0.150. The van der Waals surface area contributed by atoms with Crippen molar-refractivity contribution < 1.29 is 4.57 Å². The SMILES string of the molecule is Cc1c(-n2cc[n+](Cc3ccccc3)c2C)[n-]c2ccccc12. The summed E-state index contributed by atoms with van der Waals surface area (Å²) in [6, 6.07) is 18.8. The second-order valence-electron chi connectivity index (χ2n) is 5.91. The molecule has 0 spiro atoms. The van der Waals surface area contributed by atoms with Gasteiger partial charge in [0, 0.05) is 0 Å². The highest BCUT2D eigenvalue weighted by Gasteiger charge is 2.07. The molecule has 4 rings (SSSR count). The lowest BCUT2D eigenvalue weighted by Crippen LogP contribution is -2.36. The van der Waals surface area contributed by atoms with E-state index in [2.05, 4.69) is 83.9 Å². The van der Waals surface area contributed by atoms with Crippen molar-refractivity contribution in [3.63, 3.8) is 0 Å². The standard InChI is InChI=1S/C20H19N3/c1-15-18-10-6-7-11-19(18)21-20(15)23-13-12-22(16(23)2)14-17-8-4-3-5-9-17/h3-13H,14H2,1-2H3. The number of hydrogen-bond donors (Lipinski definition) is 0. The van der Waals surface area contributed by atoms with Crippen molar-refractivity contribution in [1.29, 1.82) is 0 Å². The van der Waals surface area contributed by atoms with Crippen molar-refractivity contribution in [2.45, 2.75) is 20.4 Å². The predicted molar refractivity (Wildman–Crippen MR) is 91.8 cm³/mol. The van der Waals surface area contributed by atoms with E-state index in [0.717, 1.165) is 17.9 Å². The van der Waals surface area contributed by atoms with Crippen LogP contribution in [0.4, 0.5) is 0 Å². The molecule has 114 valence electrons. The summed E-state index contributed by atoms with van der Waals surface area (Å²) >= 11 is 0. The van der Waals surface area contributed by atoms with Crippen LogP contribution in [0, 0.1) is 13.8 Å². The van der Waals surface area contributed by atoms with E-state index < -0.39 is 0 Å². The molecule has 0 amide bonds. The fourth-order valence-corrected chi connectivity index (χ4v) is 3.11. The van der Waals surface area contributed by atoms with Gasteiger partial charge in [0.25, 0.3) is 0 Å². The quantitative estimate of drug-likeness (QED) is 0.531. The highest BCUT2D eigenvalue weighted by Crippen LogP contribution is 2.23. The Balaban J connectivity index is 1.76. The number of aromatic nitrogens is 3. The molecule has 0 fully saturated rings. The predicted octanol–water partition coefficient (Wildman–Crippen LogP) is 3.54. The van der Waals surface area contributed by atoms with Crippen LogP contribution in [0.2, 0.25) is 0 Å². The topological polar surface area (TPSA) is 22.9 Å². The van der Waals surface area contributed by atoms with E-state index in [9.17, 15) is 0 Å². The summed E-state index contributed by atoms with van der Waals surface area (Å²) in [6.45, 7) is 5.16. The molecule has 0 bridgehead atoms. The van der Waals surface area contributed by atoms with Crippen molar-refractivity contribution in [3.8, 4) is 5.82 Å². The molecule has 0 aliphatic carbocycles. The van der Waals surface area contributed by atoms with Gasteiger partial charge in [-0.1, -0.05) is 54.6 Å². The summed E-state index contributed by atoms with van der Waals surface area (Å²) < 4.78 is 4.44. The fourth-order valence-electron chi connectivity index (χ4n) is 3.11. The lowest BCUT2D eigenvalue weighted by molar-refractivity contribution is -0.693. The molecule has 4 aromatic rings. The number of benzene rings is 2. The van der Waals surface area contributed by atoms with E-state index in [1.165, 1.54) is 22.3 Å². The highest BCUT2D eigenvalue weighted by molar-refractivity contribution is 5.86. The van der Waals surface area contributed by atoms with Gasteiger partial charge in [0.05, 0.1) is 12.0 Å². The highest BCUT2D eigenvalue weighted by atomic mass is 15.2. The molecule has 0 saturated heterocycles. The molecule has 0 aliphatic rings. The Labute approximate surface area is 135 Å². The summed E-state index contributed by atoms with van der Waals surface area (Å²) in [5.74, 6) is 2.20. The monoisotopic (exact) mass is 301 g/mol. The molecule has 3 heteroatoms. The molecule has 2 aromatic heterocycles. The van der Waals surface area contributed by atoms with Gasteiger partial charge in [-0.05, 0) is 47.9 Å². The molecule has 0 radical (unpaired) electrons. The average molecular weight is 301 g/mol. The molecule has 0 saturated carbocycles. The number of para-hydroxylation sites is 1. The van der Waals surface area contributed by atoms with Crippen molar-refractivity contribution in [3.05, 3.63) is 83.9 Å². The molecule has 3 nitrogen and oxygen atoms in total. The average Bonchev–Trinajstić information content (AvgIpc) is 3.10. The molecule has 0 N–H and O–H groups in total. The molecule has 2 heterocycles. The van der Waals surface area contributed by atoms with Gasteiger partial charge in [-0.25, -0.2) is 0 Å². The minimum atomic E-state index is 0.874. The molecule has 0 unspecified atom stereocenters. The third-order valence-electron chi connectivity index (χ3n) is 4.45. The van der Waals surface area contributed by atoms with Gasteiger partial charge in [0.15, 0.2) is 0 Å². The Kier molecular flexibility index (Phi) is 3.27. The van der Waals surface area contributed by atoms with E-state index in [4.69, 9.17) is 4.98 Å². The normalized spacial score (nSPS) is 11.2. The summed E-state index contributed by atoms with van der Waals surface area (Å²) in [7, 11) is 0. The number of rotatable bonds is 3. The lowest BCUT2D eigenvalue weighted by Gasteiger charge is -2.14. The first-order valence-corrected chi connectivity index (χ1v) is 7.88. The van der Waals surface area contributed by atoms with Crippen molar-refractivity contribution in [2.24, 2.45) is 0 Å². The Bertz CT molecular complexity index is 961. The molecule has 23 heavy (non-hydrogen) atoms. The van der Waals surface area contributed by atoms with Crippen LogP contribution in [0.15, 0.2) is 67.0 Å². The Hall–Kier alpha value is -2.81. The smallest absolute Gasteiger partial charge is 0.112 e. The molecule has 0 atom stereocenters. The van der Waals surface area contributed by atoms with Crippen molar-refractivity contribution in [2.75, 3.05) is 0 Å². The molecular formula is C20H19N3. The van der Waals surface area contributed by atoms with Crippen LogP contribution in [0.25, 0.3) is 16.7 Å². The zero-order valence-corrected chi connectivity index (χ0v) is 13.4. The van der Waals surface area contributed by atoms with Crippen LogP contribution in [0.5, 0.6) is 0 Å². The number of fused-ring (bicyclic) bond motifs is 1. The zero-order chi connectivity index (χ0) is 15.8. The van der Waals surface area contributed by atoms with Gasteiger partial charge in [-0.15, -0.1) is 0 Å². The van der Waals surface area contributed by atoms with Crippen LogP contribution in [0.1, 0.15) is 17.0 Å². The van der Waals surface area contributed by atoms with E-state index in [-0.39, 0.29) is 0 Å². The van der Waals surface area contributed by atoms with Crippen LogP contribution in [0.3, 0.4) is 0 Å². The first-order chi connectivity index (χ1) is 11.2. The van der Waals surface area contributed by atoms with Crippen LogP contribution < -0.4 is 9.55 Å². The number of imidazole rings is 1. The third kappa shape index (κ3) is 2.34. The minimum Gasteiger partial charge on any atom is -0.435 e. The van der Waals surface area contributed by atoms with E-state index in [0.29, 0.717) is 0 Å². The third-order valence-corrected chi connectivity index (χ3v) is 4.45. The van der Waals surface area contributed by atoms with Crippen molar-refractivity contribution >= 4 is 10.9 Å². The van der Waals surface area contributed by atoms with E-state index in [1.54, 1.807) is 0 Å². The molecule has 2 aromatic carbocycles. The summed E-state index contributed by atoms with van der Waals surface area (Å²) in [5, 5.41) is 1.23. The van der Waals surface area contributed by atoms with Crippen LogP contribution in [-0.2, 0) is 6.54 Å². The number of nitrogens with zero attached hydrogens (tertiary/aromatic N) is 3. The summed E-state index contributed by atoms with van der Waals surface area (Å²) in [5.41, 5.74) is 3.59. The summed E-state index contributed by atoms with van der Waals surface area (Å²) in [6.07, 6.45) is 4.23. The van der Waals surface area contributed by atoms with Gasteiger partial charge < -0.3 is 9.55 Å². The van der Waals surface area contributed by atoms with E-state index in [1.807, 2.05) is 6.07 Å². The maximum absolute atomic E-state index is 4.81. The summed E-state index contributed by atoms with van der Waals surface area (Å²) in [4.78, 5) is 4.81. The number of aryl methyl sites for hydroxylation is 1. The van der Waals surface area contributed by atoms with Gasteiger partial charge in [0.1, 0.15) is 6.54 Å². The Morgan fingerprint density at radius 3 is 2.48 bits per heavy atom. The maximum Gasteiger partial charge on any atom is 0.112 e. The lowest BCUT2D eigenvalue weighted by atomic mass is 10.2. The Morgan fingerprint density at radius 2 is 1.70 bits per heavy atom. The zero-order valence-electron chi connectivity index (χ0n) is 13.4.